The van der Waals surface area contributed by atoms with E-state index in [1.807, 2.05) is 30.3 Å². The Hall–Kier alpha value is -2.67. The Morgan fingerprint density at radius 3 is 2.76 bits per heavy atom. The molecule has 0 bridgehead atoms. The lowest BCUT2D eigenvalue weighted by Gasteiger charge is -2.17. The number of methoxy groups -OCH3 is 1. The Bertz CT molecular complexity index is 702. The Kier molecular flexibility index (Phi) is 5.45. The van der Waals surface area contributed by atoms with Gasteiger partial charge in [0, 0.05) is 25.7 Å². The number of amides is 1. The Labute approximate surface area is 145 Å². The van der Waals surface area contributed by atoms with Crippen molar-refractivity contribution < 1.29 is 18.8 Å². The van der Waals surface area contributed by atoms with Crippen molar-refractivity contribution in [1.82, 2.24) is 15.4 Å². The molecule has 3 rings (SSSR count). The molecule has 7 nitrogen and oxygen atoms in total. The monoisotopic (exact) mass is 343 g/mol. The zero-order valence-electron chi connectivity index (χ0n) is 14.1. The minimum atomic E-state index is -0.380. The zero-order valence-corrected chi connectivity index (χ0v) is 14.1. The highest BCUT2D eigenvalue weighted by Crippen LogP contribution is 2.21. The minimum absolute atomic E-state index is 0.125. The topological polar surface area (TPSA) is 84.7 Å². The molecule has 1 aliphatic heterocycles. The predicted octanol–water partition coefficient (Wildman–Crippen LogP) is 1.01. The van der Waals surface area contributed by atoms with Crippen molar-refractivity contribution in [3.63, 3.8) is 0 Å². The molecule has 1 saturated heterocycles. The molecule has 1 aliphatic rings. The highest BCUT2D eigenvalue weighted by Gasteiger charge is 2.39. The number of carbonyl (C=O) groups is 2. The molecule has 0 aliphatic carbocycles. The maximum absolute atomic E-state index is 12.2. The number of likely N-dealkylation sites (tertiary alicyclic amines) is 1. The van der Waals surface area contributed by atoms with Crippen LogP contribution in [-0.2, 0) is 27.3 Å². The summed E-state index contributed by atoms with van der Waals surface area (Å²) >= 11 is 0. The number of esters is 1. The van der Waals surface area contributed by atoms with Crippen molar-refractivity contribution in [2.45, 2.75) is 19.0 Å². The summed E-state index contributed by atoms with van der Waals surface area (Å²) in [6, 6.07) is 11.4. The van der Waals surface area contributed by atoms with Crippen LogP contribution in [0.15, 0.2) is 47.2 Å². The largest absolute Gasteiger partial charge is 0.469 e. The van der Waals surface area contributed by atoms with Gasteiger partial charge >= 0.3 is 5.97 Å². The van der Waals surface area contributed by atoms with E-state index in [1.54, 1.807) is 6.07 Å². The fraction of sp³-hybridized carbons (Fsp3) is 0.389. The summed E-state index contributed by atoms with van der Waals surface area (Å²) in [6.07, 6.45) is 1.55. The molecule has 1 amide bonds. The first-order valence-corrected chi connectivity index (χ1v) is 8.18. The smallest absolute Gasteiger partial charge is 0.312 e. The molecule has 1 fully saturated rings. The summed E-state index contributed by atoms with van der Waals surface area (Å²) in [5.74, 6) is -0.869. The summed E-state index contributed by atoms with van der Waals surface area (Å²) in [5.41, 5.74) is 1.73. The second kappa shape index (κ2) is 7.94. The van der Waals surface area contributed by atoms with Crippen molar-refractivity contribution in [3.8, 4) is 0 Å². The van der Waals surface area contributed by atoms with E-state index in [-0.39, 0.29) is 30.3 Å². The minimum Gasteiger partial charge on any atom is -0.469 e. The van der Waals surface area contributed by atoms with Crippen LogP contribution in [0.5, 0.6) is 0 Å². The summed E-state index contributed by atoms with van der Waals surface area (Å²) < 4.78 is 9.64. The molecule has 25 heavy (non-hydrogen) atoms. The van der Waals surface area contributed by atoms with Crippen LogP contribution in [0.4, 0.5) is 0 Å². The third-order valence-corrected chi connectivity index (χ3v) is 4.33. The van der Waals surface area contributed by atoms with E-state index in [4.69, 9.17) is 9.26 Å². The molecule has 2 aromatic rings. The van der Waals surface area contributed by atoms with Crippen LogP contribution >= 0.6 is 0 Å². The maximum atomic E-state index is 12.2. The van der Waals surface area contributed by atoms with Gasteiger partial charge in [-0.05, 0) is 5.56 Å². The van der Waals surface area contributed by atoms with E-state index < -0.39 is 0 Å². The van der Waals surface area contributed by atoms with Crippen LogP contribution in [0.1, 0.15) is 11.3 Å². The molecule has 2 atom stereocenters. The molecular weight excluding hydrogens is 322 g/mol. The van der Waals surface area contributed by atoms with Crippen LogP contribution in [0.2, 0.25) is 0 Å². The normalized spacial score (nSPS) is 20.4. The average Bonchev–Trinajstić information content (AvgIpc) is 3.25. The number of nitrogens with zero attached hydrogens (tertiary/aromatic N) is 2. The van der Waals surface area contributed by atoms with Crippen LogP contribution in [0.25, 0.3) is 0 Å². The number of carbonyl (C=O) groups excluding carboxylic acids is 2. The van der Waals surface area contributed by atoms with Gasteiger partial charge in [-0.3, -0.25) is 14.5 Å². The lowest BCUT2D eigenvalue weighted by atomic mass is 10.0. The standard InChI is InChI=1S/C18H21N3O4/c1-24-18(23)15-11-21(10-13-5-3-2-4-6-13)12-16(15)19-17(22)9-14-7-8-25-20-14/h2-8,15-16H,9-12H2,1H3,(H,19,22). The van der Waals surface area contributed by atoms with E-state index >= 15 is 0 Å². The summed E-state index contributed by atoms with van der Waals surface area (Å²) in [7, 11) is 1.37. The molecular formula is C18H21N3O4. The Morgan fingerprint density at radius 2 is 2.08 bits per heavy atom. The van der Waals surface area contributed by atoms with Gasteiger partial charge in [0.05, 0.1) is 31.2 Å². The van der Waals surface area contributed by atoms with E-state index in [0.29, 0.717) is 18.8 Å². The second-order valence-electron chi connectivity index (χ2n) is 6.15. The second-order valence-corrected chi connectivity index (χ2v) is 6.15. The lowest BCUT2D eigenvalue weighted by Crippen LogP contribution is -2.43. The molecule has 0 radical (unpaired) electrons. The van der Waals surface area contributed by atoms with Gasteiger partial charge < -0.3 is 14.6 Å². The number of hydrogen-bond acceptors (Lipinski definition) is 6. The van der Waals surface area contributed by atoms with Gasteiger partial charge in [-0.2, -0.15) is 0 Å². The Morgan fingerprint density at radius 1 is 1.28 bits per heavy atom. The van der Waals surface area contributed by atoms with Gasteiger partial charge in [-0.1, -0.05) is 35.5 Å². The highest BCUT2D eigenvalue weighted by atomic mass is 16.5. The fourth-order valence-electron chi connectivity index (χ4n) is 3.14. The van der Waals surface area contributed by atoms with Gasteiger partial charge in [-0.15, -0.1) is 0 Å². The van der Waals surface area contributed by atoms with Gasteiger partial charge in [0.1, 0.15) is 6.26 Å². The van der Waals surface area contributed by atoms with E-state index in [9.17, 15) is 9.59 Å². The molecule has 1 aromatic heterocycles. The first-order chi connectivity index (χ1) is 12.2. The molecule has 7 heteroatoms. The maximum Gasteiger partial charge on any atom is 0.312 e. The zero-order chi connectivity index (χ0) is 17.6. The quantitative estimate of drug-likeness (QED) is 0.788. The SMILES string of the molecule is COC(=O)C1CN(Cc2ccccc2)CC1NC(=O)Cc1ccon1. The summed E-state index contributed by atoms with van der Waals surface area (Å²) in [6.45, 7) is 1.87. The predicted molar refractivity (Wildman–Crippen MR) is 89.4 cm³/mol. The number of aromatic nitrogens is 1. The van der Waals surface area contributed by atoms with E-state index in [0.717, 1.165) is 6.54 Å². The fourth-order valence-corrected chi connectivity index (χ4v) is 3.14. The van der Waals surface area contributed by atoms with Crippen molar-refractivity contribution >= 4 is 11.9 Å². The van der Waals surface area contributed by atoms with Gasteiger partial charge in [0.2, 0.25) is 5.91 Å². The Balaban J connectivity index is 1.63. The van der Waals surface area contributed by atoms with Gasteiger partial charge in [0.25, 0.3) is 0 Å². The summed E-state index contributed by atoms with van der Waals surface area (Å²) in [5, 5.41) is 6.67. The molecule has 2 unspecified atom stereocenters. The van der Waals surface area contributed by atoms with Crippen LogP contribution in [-0.4, -0.2) is 48.2 Å². The van der Waals surface area contributed by atoms with Gasteiger partial charge in [-0.25, -0.2) is 0 Å². The van der Waals surface area contributed by atoms with Crippen molar-refractivity contribution in [2.75, 3.05) is 20.2 Å². The van der Waals surface area contributed by atoms with Crippen molar-refractivity contribution in [3.05, 3.63) is 53.9 Å². The molecule has 0 spiro atoms. The summed E-state index contributed by atoms with van der Waals surface area (Å²) in [4.78, 5) is 26.5. The molecule has 1 aromatic carbocycles. The van der Waals surface area contributed by atoms with Crippen LogP contribution in [0.3, 0.4) is 0 Å². The third kappa shape index (κ3) is 4.45. The van der Waals surface area contributed by atoms with Crippen LogP contribution in [0, 0.1) is 5.92 Å². The number of rotatable bonds is 6. The van der Waals surface area contributed by atoms with Crippen LogP contribution < -0.4 is 5.32 Å². The molecule has 0 saturated carbocycles. The number of hydrogen-bond donors (Lipinski definition) is 1. The molecule has 2 heterocycles. The van der Waals surface area contributed by atoms with Gasteiger partial charge in [0.15, 0.2) is 0 Å². The average molecular weight is 343 g/mol. The highest BCUT2D eigenvalue weighted by molar-refractivity contribution is 5.80. The first kappa shape index (κ1) is 17.2. The molecule has 1 N–H and O–H groups in total. The van der Waals surface area contributed by atoms with E-state index in [2.05, 4.69) is 15.4 Å². The van der Waals surface area contributed by atoms with Crippen molar-refractivity contribution in [1.29, 1.82) is 0 Å². The third-order valence-electron chi connectivity index (χ3n) is 4.33. The first-order valence-electron chi connectivity index (χ1n) is 8.18. The number of benzene rings is 1. The van der Waals surface area contributed by atoms with E-state index in [1.165, 1.54) is 18.9 Å². The number of nitrogens with one attached hydrogen (secondary N) is 1. The molecule has 132 valence electrons. The van der Waals surface area contributed by atoms with Crippen molar-refractivity contribution in [2.24, 2.45) is 5.92 Å². The lowest BCUT2D eigenvalue weighted by molar-refractivity contribution is -0.145. The number of ether oxygens (including phenoxy) is 1.